The third kappa shape index (κ3) is 3.49. The van der Waals surface area contributed by atoms with Crippen LogP contribution in [-0.2, 0) is 10.1 Å². The van der Waals surface area contributed by atoms with Gasteiger partial charge in [0.05, 0.1) is 11.0 Å². The van der Waals surface area contributed by atoms with Crippen molar-refractivity contribution in [1.29, 1.82) is 0 Å². The van der Waals surface area contributed by atoms with E-state index in [0.717, 1.165) is 31.6 Å². The first-order chi connectivity index (χ1) is 9.65. The molecule has 0 aromatic heterocycles. The molecule has 2 rings (SSSR count). The van der Waals surface area contributed by atoms with Gasteiger partial charge in [0.2, 0.25) is 0 Å². The van der Waals surface area contributed by atoms with Crippen LogP contribution in [0.2, 0.25) is 0 Å². The van der Waals surface area contributed by atoms with E-state index in [1.807, 2.05) is 24.0 Å². The van der Waals surface area contributed by atoms with E-state index >= 15 is 0 Å². The van der Waals surface area contributed by atoms with Gasteiger partial charge in [-0.05, 0) is 31.4 Å². The summed E-state index contributed by atoms with van der Waals surface area (Å²) in [7, 11) is 0. The second-order valence-corrected chi connectivity index (χ2v) is 5.45. The normalized spacial score (nSPS) is 18.2. The molecule has 5 nitrogen and oxygen atoms in total. The van der Waals surface area contributed by atoms with Crippen LogP contribution >= 0.6 is 15.9 Å². The molecular weight excluding hydrogens is 324 g/mol. The molecule has 0 saturated carbocycles. The number of halogens is 1. The first-order valence-electron chi connectivity index (χ1n) is 6.85. The lowest BCUT2D eigenvalue weighted by Crippen LogP contribution is -2.32. The number of hydrogen-bond acceptors (Lipinski definition) is 4. The van der Waals surface area contributed by atoms with Crippen molar-refractivity contribution in [3.05, 3.63) is 33.9 Å². The first kappa shape index (κ1) is 15.3. The SMILES string of the molecule is CCN(CC1CCCO1)c1ccc(CBr)cc1[N+](=O)[O-]. The summed E-state index contributed by atoms with van der Waals surface area (Å²) in [6.45, 7) is 4.25. The smallest absolute Gasteiger partial charge is 0.292 e. The molecule has 0 amide bonds. The molecule has 1 unspecified atom stereocenters. The number of rotatable bonds is 6. The van der Waals surface area contributed by atoms with Crippen molar-refractivity contribution in [3.8, 4) is 0 Å². The number of nitro groups is 1. The number of nitrogens with zero attached hydrogens (tertiary/aromatic N) is 2. The van der Waals surface area contributed by atoms with Crippen LogP contribution in [0.3, 0.4) is 0 Å². The lowest BCUT2D eigenvalue weighted by atomic mass is 10.1. The summed E-state index contributed by atoms with van der Waals surface area (Å²) in [6.07, 6.45) is 2.29. The second-order valence-electron chi connectivity index (χ2n) is 4.89. The van der Waals surface area contributed by atoms with Crippen molar-refractivity contribution in [3.63, 3.8) is 0 Å². The van der Waals surface area contributed by atoms with E-state index in [2.05, 4.69) is 15.9 Å². The molecule has 1 aromatic carbocycles. The van der Waals surface area contributed by atoms with Crippen molar-refractivity contribution >= 4 is 27.3 Å². The van der Waals surface area contributed by atoms with E-state index in [-0.39, 0.29) is 16.7 Å². The molecule has 1 fully saturated rings. The molecular formula is C14H19BrN2O3. The number of ether oxygens (including phenoxy) is 1. The fourth-order valence-corrected chi connectivity index (χ4v) is 2.85. The molecule has 0 spiro atoms. The van der Waals surface area contributed by atoms with Gasteiger partial charge in [0.1, 0.15) is 5.69 Å². The van der Waals surface area contributed by atoms with E-state index in [0.29, 0.717) is 17.6 Å². The average molecular weight is 343 g/mol. The Morgan fingerprint density at radius 2 is 2.35 bits per heavy atom. The van der Waals surface area contributed by atoms with Gasteiger partial charge < -0.3 is 9.64 Å². The van der Waals surface area contributed by atoms with Crippen LogP contribution in [0.25, 0.3) is 0 Å². The zero-order valence-corrected chi connectivity index (χ0v) is 13.1. The highest BCUT2D eigenvalue weighted by Crippen LogP contribution is 2.31. The maximum Gasteiger partial charge on any atom is 0.292 e. The second kappa shape index (κ2) is 7.04. The predicted octanol–water partition coefficient (Wildman–Crippen LogP) is 3.50. The van der Waals surface area contributed by atoms with Gasteiger partial charge in [0.15, 0.2) is 0 Å². The molecule has 1 atom stereocenters. The molecule has 20 heavy (non-hydrogen) atoms. The van der Waals surface area contributed by atoms with Crippen molar-refractivity contribution in [2.24, 2.45) is 0 Å². The molecule has 1 saturated heterocycles. The number of likely N-dealkylation sites (N-methyl/N-ethyl adjacent to an activating group) is 1. The molecule has 6 heteroatoms. The number of nitro benzene ring substituents is 1. The Hall–Kier alpha value is -1.14. The largest absolute Gasteiger partial charge is 0.376 e. The van der Waals surface area contributed by atoms with Crippen molar-refractivity contribution < 1.29 is 9.66 Å². The maximum absolute atomic E-state index is 11.3. The Bertz CT molecular complexity index is 475. The fourth-order valence-electron chi connectivity index (χ4n) is 2.50. The summed E-state index contributed by atoms with van der Waals surface area (Å²) in [6, 6.07) is 5.41. The average Bonchev–Trinajstić information content (AvgIpc) is 2.97. The molecule has 0 bridgehead atoms. The van der Waals surface area contributed by atoms with E-state index in [1.165, 1.54) is 0 Å². The van der Waals surface area contributed by atoms with Crippen LogP contribution in [0.15, 0.2) is 18.2 Å². The zero-order valence-electron chi connectivity index (χ0n) is 11.5. The molecule has 1 aromatic rings. The van der Waals surface area contributed by atoms with Crippen LogP contribution in [-0.4, -0.2) is 30.7 Å². The molecule has 110 valence electrons. The van der Waals surface area contributed by atoms with Gasteiger partial charge in [-0.2, -0.15) is 0 Å². The van der Waals surface area contributed by atoms with Gasteiger partial charge in [-0.3, -0.25) is 10.1 Å². The van der Waals surface area contributed by atoms with E-state index in [9.17, 15) is 10.1 Å². The summed E-state index contributed by atoms with van der Waals surface area (Å²) in [5, 5.41) is 11.9. The molecule has 1 aliphatic rings. The van der Waals surface area contributed by atoms with Gasteiger partial charge in [-0.25, -0.2) is 0 Å². The Morgan fingerprint density at radius 1 is 1.55 bits per heavy atom. The summed E-state index contributed by atoms with van der Waals surface area (Å²) >= 11 is 3.33. The van der Waals surface area contributed by atoms with Gasteiger partial charge >= 0.3 is 0 Å². The van der Waals surface area contributed by atoms with Crippen molar-refractivity contribution in [1.82, 2.24) is 0 Å². The Balaban J connectivity index is 2.25. The molecule has 0 aliphatic carbocycles. The summed E-state index contributed by atoms with van der Waals surface area (Å²) in [5.74, 6) is 0. The van der Waals surface area contributed by atoms with Crippen molar-refractivity contribution in [2.75, 3.05) is 24.6 Å². The molecule has 0 N–H and O–H groups in total. The highest BCUT2D eigenvalue weighted by Gasteiger charge is 2.23. The zero-order chi connectivity index (χ0) is 14.5. The minimum absolute atomic E-state index is 0.168. The Labute approximate surface area is 127 Å². The quantitative estimate of drug-likeness (QED) is 0.451. The fraction of sp³-hybridized carbons (Fsp3) is 0.571. The van der Waals surface area contributed by atoms with E-state index in [4.69, 9.17) is 4.74 Å². The highest BCUT2D eigenvalue weighted by molar-refractivity contribution is 9.08. The lowest BCUT2D eigenvalue weighted by Gasteiger charge is -2.25. The molecule has 0 radical (unpaired) electrons. The van der Waals surface area contributed by atoms with Crippen LogP contribution in [0.5, 0.6) is 0 Å². The summed E-state index contributed by atoms with van der Waals surface area (Å²) < 4.78 is 5.63. The third-order valence-corrected chi connectivity index (χ3v) is 4.21. The van der Waals surface area contributed by atoms with Crippen molar-refractivity contribution in [2.45, 2.75) is 31.2 Å². The highest BCUT2D eigenvalue weighted by atomic mass is 79.9. The van der Waals surface area contributed by atoms with E-state index in [1.54, 1.807) is 6.07 Å². The summed E-state index contributed by atoms with van der Waals surface area (Å²) in [5.41, 5.74) is 1.76. The molecule has 1 heterocycles. The van der Waals surface area contributed by atoms with Gasteiger partial charge in [0.25, 0.3) is 5.69 Å². The van der Waals surface area contributed by atoms with Crippen LogP contribution in [0.1, 0.15) is 25.3 Å². The topological polar surface area (TPSA) is 55.6 Å². The number of benzene rings is 1. The Morgan fingerprint density at radius 3 is 2.90 bits per heavy atom. The minimum atomic E-state index is -0.306. The first-order valence-corrected chi connectivity index (χ1v) is 7.97. The Kier molecular flexibility index (Phi) is 5.37. The third-order valence-electron chi connectivity index (χ3n) is 3.56. The van der Waals surface area contributed by atoms with E-state index < -0.39 is 0 Å². The maximum atomic E-state index is 11.3. The number of hydrogen-bond donors (Lipinski definition) is 0. The van der Waals surface area contributed by atoms with Crippen LogP contribution in [0, 0.1) is 10.1 Å². The lowest BCUT2D eigenvalue weighted by molar-refractivity contribution is -0.384. The number of alkyl halides is 1. The van der Waals surface area contributed by atoms with Crippen LogP contribution in [0.4, 0.5) is 11.4 Å². The minimum Gasteiger partial charge on any atom is -0.376 e. The molecule has 1 aliphatic heterocycles. The van der Waals surface area contributed by atoms with Crippen LogP contribution < -0.4 is 4.90 Å². The monoisotopic (exact) mass is 342 g/mol. The van der Waals surface area contributed by atoms with Gasteiger partial charge in [-0.15, -0.1) is 0 Å². The predicted molar refractivity (Wildman–Crippen MR) is 82.6 cm³/mol. The number of anilines is 1. The standard InChI is InChI=1S/C14H19BrN2O3/c1-2-16(10-12-4-3-7-20-12)13-6-5-11(9-15)8-14(13)17(18)19/h5-6,8,12H,2-4,7,9-10H2,1H3. The van der Waals surface area contributed by atoms with Gasteiger partial charge in [-0.1, -0.05) is 22.0 Å². The van der Waals surface area contributed by atoms with Gasteiger partial charge in [0, 0.05) is 31.1 Å². The summed E-state index contributed by atoms with van der Waals surface area (Å²) in [4.78, 5) is 13.0.